The molecule has 0 atom stereocenters. The SMILES string of the molecule is CNCC1CCN(C(=O)c2cnn(-c3cccc(Br)c3)c2)CC1.Cl. The van der Waals surface area contributed by atoms with Crippen LogP contribution in [0.25, 0.3) is 5.69 Å². The number of benzene rings is 1. The van der Waals surface area contributed by atoms with E-state index in [1.54, 1.807) is 10.9 Å². The number of nitrogens with zero attached hydrogens (tertiary/aromatic N) is 3. The summed E-state index contributed by atoms with van der Waals surface area (Å²) < 4.78 is 2.73. The van der Waals surface area contributed by atoms with Gasteiger partial charge in [-0.3, -0.25) is 4.79 Å². The number of halogens is 2. The Bertz CT molecular complexity index is 683. The second-order valence-electron chi connectivity index (χ2n) is 5.95. The summed E-state index contributed by atoms with van der Waals surface area (Å²) in [5, 5.41) is 7.54. The van der Waals surface area contributed by atoms with E-state index in [0.29, 0.717) is 11.5 Å². The molecule has 1 aliphatic heterocycles. The minimum absolute atomic E-state index is 0. The van der Waals surface area contributed by atoms with Crippen LogP contribution in [-0.2, 0) is 0 Å². The summed E-state index contributed by atoms with van der Waals surface area (Å²) in [6.07, 6.45) is 5.59. The van der Waals surface area contributed by atoms with Crippen molar-refractivity contribution in [3.8, 4) is 5.69 Å². The van der Waals surface area contributed by atoms with Gasteiger partial charge >= 0.3 is 0 Å². The first-order valence-electron chi connectivity index (χ1n) is 7.92. The van der Waals surface area contributed by atoms with Crippen molar-refractivity contribution in [2.45, 2.75) is 12.8 Å². The number of carbonyl (C=O) groups excluding carboxylic acids is 1. The van der Waals surface area contributed by atoms with Crippen molar-refractivity contribution in [1.29, 1.82) is 0 Å². The number of carbonyl (C=O) groups is 1. The Balaban J connectivity index is 0.00000208. The molecule has 0 radical (unpaired) electrons. The van der Waals surface area contributed by atoms with Crippen molar-refractivity contribution < 1.29 is 4.79 Å². The number of aromatic nitrogens is 2. The fourth-order valence-electron chi connectivity index (χ4n) is 3.00. The van der Waals surface area contributed by atoms with E-state index in [-0.39, 0.29) is 18.3 Å². The average Bonchev–Trinajstić information content (AvgIpc) is 3.05. The molecule has 2 heterocycles. The maximum atomic E-state index is 12.6. The van der Waals surface area contributed by atoms with E-state index in [1.165, 1.54) is 0 Å². The van der Waals surface area contributed by atoms with E-state index in [2.05, 4.69) is 26.3 Å². The van der Waals surface area contributed by atoms with Crippen molar-refractivity contribution in [1.82, 2.24) is 20.0 Å². The van der Waals surface area contributed by atoms with Gasteiger partial charge in [0.25, 0.3) is 5.91 Å². The molecule has 0 saturated carbocycles. The summed E-state index contributed by atoms with van der Waals surface area (Å²) in [4.78, 5) is 14.6. The van der Waals surface area contributed by atoms with Gasteiger partial charge in [0.1, 0.15) is 0 Å². The summed E-state index contributed by atoms with van der Waals surface area (Å²) >= 11 is 3.45. The number of hydrogen-bond donors (Lipinski definition) is 1. The van der Waals surface area contributed by atoms with E-state index in [1.807, 2.05) is 42.4 Å². The van der Waals surface area contributed by atoms with Crippen LogP contribution in [0.15, 0.2) is 41.1 Å². The lowest BCUT2D eigenvalue weighted by molar-refractivity contribution is 0.0691. The maximum absolute atomic E-state index is 12.6. The molecule has 0 aliphatic carbocycles. The van der Waals surface area contributed by atoms with E-state index >= 15 is 0 Å². The van der Waals surface area contributed by atoms with Gasteiger partial charge in [-0.05, 0) is 50.6 Å². The standard InChI is InChI=1S/C17H21BrN4O.ClH/c1-19-10-13-5-7-21(8-6-13)17(23)14-11-20-22(12-14)16-4-2-3-15(18)9-16;/h2-4,9,11-13,19H,5-8,10H2,1H3;1H. The first-order valence-corrected chi connectivity index (χ1v) is 8.71. The van der Waals surface area contributed by atoms with Crippen LogP contribution in [-0.4, -0.2) is 47.3 Å². The quantitative estimate of drug-likeness (QED) is 0.838. The Labute approximate surface area is 157 Å². The molecule has 3 rings (SSSR count). The van der Waals surface area contributed by atoms with Crippen LogP contribution in [0.1, 0.15) is 23.2 Å². The molecule has 130 valence electrons. The van der Waals surface area contributed by atoms with Crippen LogP contribution in [0.2, 0.25) is 0 Å². The molecule has 1 aliphatic rings. The Hall–Kier alpha value is -1.37. The Morgan fingerprint density at radius 2 is 2.12 bits per heavy atom. The largest absolute Gasteiger partial charge is 0.339 e. The molecule has 24 heavy (non-hydrogen) atoms. The zero-order valence-electron chi connectivity index (χ0n) is 13.6. The van der Waals surface area contributed by atoms with Crippen LogP contribution in [0, 0.1) is 5.92 Å². The first-order chi connectivity index (χ1) is 11.2. The second kappa shape index (κ2) is 8.65. The van der Waals surface area contributed by atoms with Gasteiger partial charge < -0.3 is 10.2 Å². The van der Waals surface area contributed by atoms with E-state index in [9.17, 15) is 4.79 Å². The fraction of sp³-hybridized carbons (Fsp3) is 0.412. The van der Waals surface area contributed by atoms with E-state index in [4.69, 9.17) is 0 Å². The third kappa shape index (κ3) is 4.37. The summed E-state index contributed by atoms with van der Waals surface area (Å²) in [5.41, 5.74) is 1.59. The van der Waals surface area contributed by atoms with Gasteiger partial charge in [0.15, 0.2) is 0 Å². The monoisotopic (exact) mass is 412 g/mol. The highest BCUT2D eigenvalue weighted by Gasteiger charge is 2.24. The van der Waals surface area contributed by atoms with Crippen molar-refractivity contribution >= 4 is 34.2 Å². The zero-order valence-corrected chi connectivity index (χ0v) is 16.0. The number of amides is 1. The minimum Gasteiger partial charge on any atom is -0.339 e. The number of likely N-dealkylation sites (tertiary alicyclic amines) is 1. The van der Waals surface area contributed by atoms with Crippen molar-refractivity contribution in [2.24, 2.45) is 5.92 Å². The Morgan fingerprint density at radius 1 is 1.38 bits per heavy atom. The van der Waals surface area contributed by atoms with Gasteiger partial charge in [0, 0.05) is 23.8 Å². The second-order valence-corrected chi connectivity index (χ2v) is 6.86. The number of piperidine rings is 1. The maximum Gasteiger partial charge on any atom is 0.257 e. The van der Waals surface area contributed by atoms with Gasteiger partial charge in [0.05, 0.1) is 17.4 Å². The Kier molecular flexibility index (Phi) is 6.83. The summed E-state index contributed by atoms with van der Waals surface area (Å²) in [6.45, 7) is 2.68. The predicted molar refractivity (Wildman–Crippen MR) is 101 cm³/mol. The smallest absolute Gasteiger partial charge is 0.257 e. The Morgan fingerprint density at radius 3 is 2.79 bits per heavy atom. The predicted octanol–water partition coefficient (Wildman–Crippen LogP) is 3.13. The molecule has 0 bridgehead atoms. The molecule has 1 amide bonds. The summed E-state index contributed by atoms with van der Waals surface area (Å²) in [7, 11) is 1.98. The molecule has 0 unspecified atom stereocenters. The lowest BCUT2D eigenvalue weighted by Crippen LogP contribution is -2.40. The van der Waals surface area contributed by atoms with Crippen molar-refractivity contribution in [2.75, 3.05) is 26.7 Å². The lowest BCUT2D eigenvalue weighted by atomic mass is 9.96. The first kappa shape index (κ1) is 19.0. The fourth-order valence-corrected chi connectivity index (χ4v) is 3.39. The van der Waals surface area contributed by atoms with Crippen molar-refractivity contribution in [3.05, 3.63) is 46.7 Å². The van der Waals surface area contributed by atoms with Gasteiger partial charge in [0.2, 0.25) is 0 Å². The molecule has 0 spiro atoms. The molecule has 2 aromatic rings. The van der Waals surface area contributed by atoms with Crippen LogP contribution < -0.4 is 5.32 Å². The number of rotatable bonds is 4. The van der Waals surface area contributed by atoms with Crippen LogP contribution in [0.5, 0.6) is 0 Å². The topological polar surface area (TPSA) is 50.2 Å². The van der Waals surface area contributed by atoms with Gasteiger partial charge in [-0.25, -0.2) is 4.68 Å². The van der Waals surface area contributed by atoms with Gasteiger partial charge in [-0.2, -0.15) is 5.10 Å². The number of nitrogens with one attached hydrogen (secondary N) is 1. The summed E-state index contributed by atoms with van der Waals surface area (Å²) in [6, 6.07) is 7.86. The zero-order chi connectivity index (χ0) is 16.2. The van der Waals surface area contributed by atoms with E-state index < -0.39 is 0 Å². The third-order valence-corrected chi connectivity index (χ3v) is 4.79. The number of hydrogen-bond acceptors (Lipinski definition) is 3. The van der Waals surface area contributed by atoms with Gasteiger partial charge in [-0.1, -0.05) is 22.0 Å². The molecule has 1 fully saturated rings. The molecule has 1 aromatic heterocycles. The lowest BCUT2D eigenvalue weighted by Gasteiger charge is -2.31. The molecular weight excluding hydrogens is 392 g/mol. The molecule has 5 nitrogen and oxygen atoms in total. The van der Waals surface area contributed by atoms with Crippen LogP contribution in [0.3, 0.4) is 0 Å². The average molecular weight is 414 g/mol. The molecule has 7 heteroatoms. The van der Waals surface area contributed by atoms with Crippen LogP contribution in [0.4, 0.5) is 0 Å². The highest BCUT2D eigenvalue weighted by Crippen LogP contribution is 2.19. The van der Waals surface area contributed by atoms with Gasteiger partial charge in [-0.15, -0.1) is 12.4 Å². The molecule has 1 N–H and O–H groups in total. The molecule has 1 aromatic carbocycles. The van der Waals surface area contributed by atoms with E-state index in [0.717, 1.165) is 42.6 Å². The van der Waals surface area contributed by atoms with Crippen molar-refractivity contribution in [3.63, 3.8) is 0 Å². The normalized spacial score (nSPS) is 15.2. The minimum atomic E-state index is 0. The van der Waals surface area contributed by atoms with Crippen LogP contribution >= 0.6 is 28.3 Å². The third-order valence-electron chi connectivity index (χ3n) is 4.30. The highest BCUT2D eigenvalue weighted by molar-refractivity contribution is 9.10. The molecule has 1 saturated heterocycles. The highest BCUT2D eigenvalue weighted by atomic mass is 79.9. The molecular formula is C17H22BrClN4O. The summed E-state index contributed by atoms with van der Waals surface area (Å²) in [5.74, 6) is 0.752.